The van der Waals surface area contributed by atoms with E-state index in [1.165, 1.54) is 18.1 Å². The molecule has 0 spiro atoms. The predicted octanol–water partition coefficient (Wildman–Crippen LogP) is 4.45. The molecule has 0 saturated carbocycles. The number of anilines is 1. The van der Waals surface area contributed by atoms with Crippen molar-refractivity contribution in [3.63, 3.8) is 0 Å². The van der Waals surface area contributed by atoms with E-state index in [0.717, 1.165) is 33.4 Å². The predicted molar refractivity (Wildman–Crippen MR) is 111 cm³/mol. The summed E-state index contributed by atoms with van der Waals surface area (Å²) >= 11 is 1.57. The van der Waals surface area contributed by atoms with Crippen LogP contribution in [0.3, 0.4) is 0 Å². The Bertz CT molecular complexity index is 1100. The van der Waals surface area contributed by atoms with Gasteiger partial charge in [-0.2, -0.15) is 0 Å². The van der Waals surface area contributed by atoms with Gasteiger partial charge in [0.15, 0.2) is 0 Å². The average molecular weight is 389 g/mol. The maximum Gasteiger partial charge on any atom is 0.222 e. The summed E-state index contributed by atoms with van der Waals surface area (Å²) in [5.74, 6) is 1.17. The second-order valence-electron chi connectivity index (χ2n) is 6.51. The van der Waals surface area contributed by atoms with Crippen LogP contribution in [0.1, 0.15) is 23.7 Å². The minimum atomic E-state index is -0.153. The van der Waals surface area contributed by atoms with Crippen molar-refractivity contribution in [3.8, 4) is 21.3 Å². The van der Waals surface area contributed by atoms with E-state index in [-0.39, 0.29) is 5.91 Å². The van der Waals surface area contributed by atoms with Gasteiger partial charge in [0.05, 0.1) is 10.6 Å². The van der Waals surface area contributed by atoms with Gasteiger partial charge in [-0.05, 0) is 24.6 Å². The summed E-state index contributed by atoms with van der Waals surface area (Å²) in [6.07, 6.45) is 5.95. The van der Waals surface area contributed by atoms with Crippen LogP contribution in [0.5, 0.6) is 0 Å². The number of hydrogen-bond acceptors (Lipinski definition) is 5. The second kappa shape index (κ2) is 7.74. The molecule has 3 aromatic heterocycles. The van der Waals surface area contributed by atoms with Crippen molar-refractivity contribution in [2.75, 3.05) is 5.32 Å². The van der Waals surface area contributed by atoms with Crippen LogP contribution in [0.4, 0.5) is 5.82 Å². The van der Waals surface area contributed by atoms with Gasteiger partial charge in [-0.3, -0.25) is 4.79 Å². The molecule has 0 bridgehead atoms. The van der Waals surface area contributed by atoms with Crippen LogP contribution in [-0.2, 0) is 11.2 Å². The highest BCUT2D eigenvalue weighted by molar-refractivity contribution is 7.18. The number of thiazole rings is 1. The summed E-state index contributed by atoms with van der Waals surface area (Å²) in [7, 11) is 0. The molecule has 0 unspecified atom stereocenters. The molecule has 0 aliphatic rings. The highest BCUT2D eigenvalue weighted by Crippen LogP contribution is 2.35. The number of carbonyl (C=O) groups is 1. The molecule has 0 radical (unpaired) electrons. The average Bonchev–Trinajstić information content (AvgIpc) is 3.33. The number of benzene rings is 1. The first-order valence-electron chi connectivity index (χ1n) is 8.87. The molecule has 0 aliphatic heterocycles. The van der Waals surface area contributed by atoms with E-state index in [2.05, 4.69) is 51.5 Å². The fourth-order valence-corrected chi connectivity index (χ4v) is 3.92. The molecular weight excluding hydrogens is 370 g/mol. The molecule has 3 heterocycles. The zero-order valence-corrected chi connectivity index (χ0v) is 16.4. The minimum absolute atomic E-state index is 0.153. The summed E-state index contributed by atoms with van der Waals surface area (Å²) < 4.78 is 0. The van der Waals surface area contributed by atoms with Gasteiger partial charge in [0.2, 0.25) is 5.91 Å². The first kappa shape index (κ1) is 18.1. The highest BCUT2D eigenvalue weighted by atomic mass is 32.1. The molecule has 0 saturated heterocycles. The third-order valence-corrected chi connectivity index (χ3v) is 5.37. The lowest BCUT2D eigenvalue weighted by molar-refractivity contribution is -0.114. The van der Waals surface area contributed by atoms with Crippen molar-refractivity contribution in [3.05, 3.63) is 71.8 Å². The van der Waals surface area contributed by atoms with Gasteiger partial charge in [-0.25, -0.2) is 15.0 Å². The van der Waals surface area contributed by atoms with E-state index in [9.17, 15) is 4.79 Å². The van der Waals surface area contributed by atoms with Crippen molar-refractivity contribution >= 4 is 23.1 Å². The van der Waals surface area contributed by atoms with Crippen LogP contribution in [-0.4, -0.2) is 25.8 Å². The Hall–Kier alpha value is -3.32. The molecule has 0 aliphatic carbocycles. The Labute approximate surface area is 166 Å². The first-order chi connectivity index (χ1) is 13.6. The van der Waals surface area contributed by atoms with Gasteiger partial charge in [-0.15, -0.1) is 11.3 Å². The van der Waals surface area contributed by atoms with E-state index in [0.29, 0.717) is 5.82 Å². The number of amides is 1. The largest absolute Gasteiger partial charge is 0.344 e. The summed E-state index contributed by atoms with van der Waals surface area (Å²) in [6.45, 7) is 3.54. The molecule has 7 heteroatoms. The van der Waals surface area contributed by atoms with Gasteiger partial charge >= 0.3 is 0 Å². The smallest absolute Gasteiger partial charge is 0.222 e. The molecule has 0 atom stereocenters. The number of aromatic amines is 1. The van der Waals surface area contributed by atoms with Crippen LogP contribution in [0, 0.1) is 6.92 Å². The Kier molecular flexibility index (Phi) is 4.99. The SMILES string of the molecule is CC(=O)Nc1cc(-c2nc(Cc3ccc(C)cc3)c(-c3ncc[nH]3)s2)ccn1. The summed E-state index contributed by atoms with van der Waals surface area (Å²) in [6, 6.07) is 12.2. The highest BCUT2D eigenvalue weighted by Gasteiger charge is 2.17. The topological polar surface area (TPSA) is 83.6 Å². The molecule has 4 rings (SSSR count). The number of pyridine rings is 1. The van der Waals surface area contributed by atoms with Crippen LogP contribution in [0.25, 0.3) is 21.3 Å². The molecular formula is C21H19N5OS. The number of H-pyrrole nitrogens is 1. The lowest BCUT2D eigenvalue weighted by atomic mass is 10.1. The van der Waals surface area contributed by atoms with Crippen LogP contribution in [0.2, 0.25) is 0 Å². The fraction of sp³-hybridized carbons (Fsp3) is 0.143. The molecule has 6 nitrogen and oxygen atoms in total. The van der Waals surface area contributed by atoms with Gasteiger partial charge in [0.25, 0.3) is 0 Å². The first-order valence-corrected chi connectivity index (χ1v) is 9.69. The van der Waals surface area contributed by atoms with E-state index in [4.69, 9.17) is 4.98 Å². The zero-order valence-electron chi connectivity index (χ0n) is 15.6. The molecule has 0 fully saturated rings. The van der Waals surface area contributed by atoms with Gasteiger partial charge in [-0.1, -0.05) is 29.8 Å². The molecule has 1 amide bonds. The van der Waals surface area contributed by atoms with Gasteiger partial charge < -0.3 is 10.3 Å². The van der Waals surface area contributed by atoms with Crippen LogP contribution < -0.4 is 5.32 Å². The van der Waals surface area contributed by atoms with Crippen LogP contribution >= 0.6 is 11.3 Å². The summed E-state index contributed by atoms with van der Waals surface area (Å²) in [4.78, 5) is 29.0. The standard InChI is InChI=1S/C21H19N5OS/c1-13-3-5-15(6-4-13)11-17-19(20-23-9-10-24-20)28-21(26-17)16-7-8-22-18(12-16)25-14(2)27/h3-10,12H,11H2,1-2H3,(H,23,24)(H,22,25,27). The molecule has 1 aromatic carbocycles. The normalized spacial score (nSPS) is 10.8. The maximum absolute atomic E-state index is 11.3. The number of imidazole rings is 1. The van der Waals surface area contributed by atoms with Gasteiger partial charge in [0, 0.05) is 37.5 Å². The Morgan fingerprint density at radius 1 is 1.14 bits per heavy atom. The van der Waals surface area contributed by atoms with Crippen LogP contribution in [0.15, 0.2) is 55.0 Å². The number of rotatable bonds is 5. The Morgan fingerprint density at radius 3 is 2.68 bits per heavy atom. The number of nitrogens with zero attached hydrogens (tertiary/aromatic N) is 3. The lowest BCUT2D eigenvalue weighted by Gasteiger charge is -2.02. The van der Waals surface area contributed by atoms with Crippen molar-refractivity contribution < 1.29 is 4.79 Å². The molecule has 28 heavy (non-hydrogen) atoms. The number of hydrogen-bond donors (Lipinski definition) is 2. The molecule has 2 N–H and O–H groups in total. The molecule has 4 aromatic rings. The number of aromatic nitrogens is 4. The second-order valence-corrected chi connectivity index (χ2v) is 7.51. The number of carbonyl (C=O) groups excluding carboxylic acids is 1. The monoisotopic (exact) mass is 389 g/mol. The molecule has 140 valence electrons. The van der Waals surface area contributed by atoms with Crippen molar-refractivity contribution in [2.45, 2.75) is 20.3 Å². The number of nitrogens with one attached hydrogen (secondary N) is 2. The van der Waals surface area contributed by atoms with E-state index in [1.807, 2.05) is 18.3 Å². The Balaban J connectivity index is 1.73. The van der Waals surface area contributed by atoms with E-state index >= 15 is 0 Å². The quantitative estimate of drug-likeness (QED) is 0.528. The third-order valence-electron chi connectivity index (χ3n) is 4.21. The van der Waals surface area contributed by atoms with Gasteiger partial charge in [0.1, 0.15) is 16.6 Å². The maximum atomic E-state index is 11.3. The zero-order chi connectivity index (χ0) is 19.5. The van der Waals surface area contributed by atoms with E-state index in [1.54, 1.807) is 23.7 Å². The lowest BCUT2D eigenvalue weighted by Crippen LogP contribution is -2.07. The summed E-state index contributed by atoms with van der Waals surface area (Å²) in [5.41, 5.74) is 4.31. The number of aryl methyl sites for hydroxylation is 1. The van der Waals surface area contributed by atoms with E-state index < -0.39 is 0 Å². The third kappa shape index (κ3) is 3.99. The van der Waals surface area contributed by atoms with Crippen molar-refractivity contribution in [1.82, 2.24) is 19.9 Å². The Morgan fingerprint density at radius 2 is 1.96 bits per heavy atom. The minimum Gasteiger partial charge on any atom is -0.344 e. The van der Waals surface area contributed by atoms with Crippen molar-refractivity contribution in [2.24, 2.45) is 0 Å². The van der Waals surface area contributed by atoms with Crippen molar-refractivity contribution in [1.29, 1.82) is 0 Å². The summed E-state index contributed by atoms with van der Waals surface area (Å²) in [5, 5.41) is 3.58. The fourth-order valence-electron chi connectivity index (χ4n) is 2.88.